The van der Waals surface area contributed by atoms with Gasteiger partial charge in [0.1, 0.15) is 0 Å². The summed E-state index contributed by atoms with van der Waals surface area (Å²) in [5.74, 6) is 4.89. The summed E-state index contributed by atoms with van der Waals surface area (Å²) >= 11 is 0. The molecule has 0 spiro atoms. The van der Waals surface area contributed by atoms with Crippen LogP contribution in [0.1, 0.15) is 34.8 Å². The maximum atomic E-state index is 12.2. The zero-order valence-electron chi connectivity index (χ0n) is 11.7. The molecule has 0 aliphatic heterocycles. The number of carbonyl (C=O) groups is 2. The Hall–Kier alpha value is -2.32. The van der Waals surface area contributed by atoms with Gasteiger partial charge in [0, 0.05) is 18.0 Å². The molecule has 0 radical (unpaired) electrons. The van der Waals surface area contributed by atoms with E-state index in [1.807, 2.05) is 19.1 Å². The van der Waals surface area contributed by atoms with Crippen LogP contribution in [-0.4, -0.2) is 24.4 Å². The van der Waals surface area contributed by atoms with Crippen LogP contribution in [0.4, 0.5) is 0 Å². The molecule has 0 saturated carbocycles. The van der Waals surface area contributed by atoms with Crippen molar-refractivity contribution in [1.82, 2.24) is 5.32 Å². The highest BCUT2D eigenvalue weighted by Crippen LogP contribution is 2.11. The van der Waals surface area contributed by atoms with Crippen LogP contribution in [0, 0.1) is 18.8 Å². The van der Waals surface area contributed by atoms with Crippen LogP contribution in [0.15, 0.2) is 18.2 Å². The number of benzene rings is 1. The highest BCUT2D eigenvalue weighted by Gasteiger charge is 2.14. The van der Waals surface area contributed by atoms with Gasteiger partial charge in [0.25, 0.3) is 5.91 Å². The summed E-state index contributed by atoms with van der Waals surface area (Å²) in [6, 6.07) is 5.05. The van der Waals surface area contributed by atoms with Gasteiger partial charge < -0.3 is 16.8 Å². The van der Waals surface area contributed by atoms with Crippen molar-refractivity contribution in [2.24, 2.45) is 11.5 Å². The van der Waals surface area contributed by atoms with E-state index in [4.69, 9.17) is 11.5 Å². The number of carbonyl (C=O) groups excluding carboxylic acids is 2. The molecule has 0 aromatic heterocycles. The minimum atomic E-state index is -0.454. The number of amides is 2. The molecule has 0 bridgehead atoms. The van der Waals surface area contributed by atoms with Gasteiger partial charge in [-0.1, -0.05) is 17.9 Å². The normalized spacial score (nSPS) is 11.2. The Kier molecular flexibility index (Phi) is 5.75. The van der Waals surface area contributed by atoms with Gasteiger partial charge in [-0.05, 0) is 31.5 Å². The van der Waals surface area contributed by atoms with Gasteiger partial charge in [-0.25, -0.2) is 0 Å². The first-order valence-corrected chi connectivity index (χ1v) is 6.32. The number of hydrogen-bond donors (Lipinski definition) is 3. The van der Waals surface area contributed by atoms with E-state index in [2.05, 4.69) is 17.2 Å². The third kappa shape index (κ3) is 4.75. The molecule has 1 aromatic rings. The van der Waals surface area contributed by atoms with Gasteiger partial charge in [-0.3, -0.25) is 9.59 Å². The summed E-state index contributed by atoms with van der Waals surface area (Å²) in [4.78, 5) is 23.0. The van der Waals surface area contributed by atoms with Crippen molar-refractivity contribution in [3.63, 3.8) is 0 Å². The number of rotatable bonds is 4. The smallest absolute Gasteiger partial charge is 0.252 e. The second-order valence-corrected chi connectivity index (χ2v) is 4.60. The molecule has 1 unspecified atom stereocenters. The molecule has 106 valence electrons. The third-order valence-electron chi connectivity index (χ3n) is 2.63. The van der Waals surface area contributed by atoms with E-state index in [-0.39, 0.29) is 24.9 Å². The largest absolute Gasteiger partial charge is 0.370 e. The van der Waals surface area contributed by atoms with Crippen LogP contribution in [0.25, 0.3) is 0 Å². The van der Waals surface area contributed by atoms with Gasteiger partial charge >= 0.3 is 0 Å². The molecular weight excluding hydrogens is 254 g/mol. The topological polar surface area (TPSA) is 98.2 Å². The average Bonchev–Trinajstić information content (AvgIpc) is 2.35. The van der Waals surface area contributed by atoms with E-state index >= 15 is 0 Å². The quantitative estimate of drug-likeness (QED) is 0.688. The Morgan fingerprint density at radius 2 is 2.10 bits per heavy atom. The minimum Gasteiger partial charge on any atom is -0.370 e. The molecule has 0 aliphatic rings. The fourth-order valence-corrected chi connectivity index (χ4v) is 1.76. The van der Waals surface area contributed by atoms with E-state index in [1.54, 1.807) is 13.0 Å². The van der Waals surface area contributed by atoms with E-state index in [0.717, 1.165) is 5.56 Å². The lowest BCUT2D eigenvalue weighted by molar-refractivity contribution is -0.118. The van der Waals surface area contributed by atoms with Crippen molar-refractivity contribution < 1.29 is 9.59 Å². The van der Waals surface area contributed by atoms with Crippen molar-refractivity contribution in [3.8, 4) is 11.8 Å². The molecular formula is C15H19N3O2. The van der Waals surface area contributed by atoms with E-state index in [0.29, 0.717) is 11.1 Å². The highest BCUT2D eigenvalue weighted by molar-refractivity contribution is 5.97. The average molecular weight is 273 g/mol. The summed E-state index contributed by atoms with van der Waals surface area (Å²) in [5.41, 5.74) is 12.5. The molecule has 5 heteroatoms. The Bertz CT molecular complexity index is 570. The van der Waals surface area contributed by atoms with Gasteiger partial charge in [-0.15, -0.1) is 0 Å². The monoisotopic (exact) mass is 273 g/mol. The van der Waals surface area contributed by atoms with Crippen molar-refractivity contribution in [2.75, 3.05) is 6.54 Å². The van der Waals surface area contributed by atoms with Gasteiger partial charge in [-0.2, -0.15) is 0 Å². The third-order valence-corrected chi connectivity index (χ3v) is 2.63. The number of hydrogen-bond acceptors (Lipinski definition) is 3. The summed E-state index contributed by atoms with van der Waals surface area (Å²) < 4.78 is 0. The van der Waals surface area contributed by atoms with Crippen LogP contribution in [0.3, 0.4) is 0 Å². The second-order valence-electron chi connectivity index (χ2n) is 4.60. The van der Waals surface area contributed by atoms with E-state index in [1.165, 1.54) is 0 Å². The first kappa shape index (κ1) is 15.7. The Labute approximate surface area is 118 Å². The standard InChI is InChI=1S/C15H19N3O2/c1-10-5-6-13(12(8-10)4-3-7-16)15(20)18-11(2)9-14(17)19/h5-6,8,11H,7,9,16H2,1-2H3,(H2,17,19)(H,18,20). The highest BCUT2D eigenvalue weighted by atomic mass is 16.2. The van der Waals surface area contributed by atoms with Crippen molar-refractivity contribution in [3.05, 3.63) is 34.9 Å². The lowest BCUT2D eigenvalue weighted by Crippen LogP contribution is -2.36. The summed E-state index contributed by atoms with van der Waals surface area (Å²) in [5, 5.41) is 2.72. The Balaban J connectivity index is 2.94. The van der Waals surface area contributed by atoms with Crippen molar-refractivity contribution >= 4 is 11.8 Å². The number of nitrogens with two attached hydrogens (primary N) is 2. The van der Waals surface area contributed by atoms with Gasteiger partial charge in [0.2, 0.25) is 5.91 Å². The lowest BCUT2D eigenvalue weighted by atomic mass is 10.0. The van der Waals surface area contributed by atoms with Crippen molar-refractivity contribution in [2.45, 2.75) is 26.3 Å². The molecule has 20 heavy (non-hydrogen) atoms. The SMILES string of the molecule is Cc1ccc(C(=O)NC(C)CC(N)=O)c(C#CCN)c1. The first-order valence-electron chi connectivity index (χ1n) is 6.32. The number of primary amides is 1. The summed E-state index contributed by atoms with van der Waals surface area (Å²) in [7, 11) is 0. The number of aryl methyl sites for hydroxylation is 1. The second kappa shape index (κ2) is 7.31. The molecule has 1 aromatic carbocycles. The maximum Gasteiger partial charge on any atom is 0.252 e. The predicted octanol–water partition coefficient (Wildman–Crippen LogP) is 0.299. The van der Waals surface area contributed by atoms with Crippen LogP contribution < -0.4 is 16.8 Å². The zero-order chi connectivity index (χ0) is 15.1. The number of nitrogens with one attached hydrogen (secondary N) is 1. The molecule has 0 saturated heterocycles. The molecule has 2 amide bonds. The maximum absolute atomic E-state index is 12.2. The predicted molar refractivity (Wildman–Crippen MR) is 77.9 cm³/mol. The molecule has 5 nitrogen and oxygen atoms in total. The van der Waals surface area contributed by atoms with Gasteiger partial charge in [0.05, 0.1) is 12.1 Å². The van der Waals surface area contributed by atoms with Crippen LogP contribution >= 0.6 is 0 Å². The Morgan fingerprint density at radius 1 is 1.40 bits per heavy atom. The fraction of sp³-hybridized carbons (Fsp3) is 0.333. The molecule has 0 fully saturated rings. The Morgan fingerprint density at radius 3 is 2.70 bits per heavy atom. The molecule has 1 rings (SSSR count). The van der Waals surface area contributed by atoms with Gasteiger partial charge in [0.15, 0.2) is 0 Å². The summed E-state index contributed by atoms with van der Waals surface area (Å²) in [6.45, 7) is 3.88. The molecule has 1 atom stereocenters. The fourth-order valence-electron chi connectivity index (χ4n) is 1.76. The van der Waals surface area contributed by atoms with Crippen molar-refractivity contribution in [1.29, 1.82) is 0 Å². The zero-order valence-corrected chi connectivity index (χ0v) is 11.7. The lowest BCUT2D eigenvalue weighted by Gasteiger charge is -2.13. The van der Waals surface area contributed by atoms with E-state index < -0.39 is 5.91 Å². The van der Waals surface area contributed by atoms with Crippen LogP contribution in [-0.2, 0) is 4.79 Å². The first-order chi connectivity index (χ1) is 9.43. The van der Waals surface area contributed by atoms with Crippen LogP contribution in [0.5, 0.6) is 0 Å². The minimum absolute atomic E-state index is 0.0986. The van der Waals surface area contributed by atoms with E-state index in [9.17, 15) is 9.59 Å². The molecule has 0 heterocycles. The molecule has 5 N–H and O–H groups in total. The van der Waals surface area contributed by atoms with Crippen LogP contribution in [0.2, 0.25) is 0 Å². The summed E-state index contributed by atoms with van der Waals surface area (Å²) in [6.07, 6.45) is 0.0986. The molecule has 0 aliphatic carbocycles.